The molecule has 0 radical (unpaired) electrons. The zero-order chi connectivity index (χ0) is 19.0. The number of nitrogens with zero attached hydrogens (tertiary/aromatic N) is 1. The SMILES string of the molecule is O=C1CCC2(C(=O)NCc3cc(F)ccc3F)CCC=C2N1C1CCCC1. The summed E-state index contributed by atoms with van der Waals surface area (Å²) in [6, 6.07) is 3.42. The van der Waals surface area contributed by atoms with Crippen molar-refractivity contribution in [3.63, 3.8) is 0 Å². The van der Waals surface area contributed by atoms with Gasteiger partial charge in [-0.25, -0.2) is 8.78 Å². The first-order valence-electron chi connectivity index (χ1n) is 9.76. The average Bonchev–Trinajstić information content (AvgIpc) is 3.32. The molecular weight excluding hydrogens is 350 g/mol. The van der Waals surface area contributed by atoms with Crippen LogP contribution in [0.5, 0.6) is 0 Å². The summed E-state index contributed by atoms with van der Waals surface area (Å²) in [6.07, 6.45) is 8.47. The molecule has 2 fully saturated rings. The number of benzene rings is 1. The second-order valence-electron chi connectivity index (χ2n) is 7.83. The maximum absolute atomic E-state index is 13.9. The molecule has 4 nitrogen and oxygen atoms in total. The van der Waals surface area contributed by atoms with Gasteiger partial charge in [-0.3, -0.25) is 9.59 Å². The van der Waals surface area contributed by atoms with Gasteiger partial charge < -0.3 is 10.2 Å². The number of hydrogen-bond donors (Lipinski definition) is 1. The van der Waals surface area contributed by atoms with Crippen LogP contribution >= 0.6 is 0 Å². The van der Waals surface area contributed by atoms with Gasteiger partial charge in [-0.05, 0) is 50.3 Å². The molecule has 0 spiro atoms. The molecule has 3 aliphatic rings. The van der Waals surface area contributed by atoms with E-state index in [1.807, 2.05) is 11.0 Å². The zero-order valence-electron chi connectivity index (χ0n) is 15.3. The van der Waals surface area contributed by atoms with Crippen molar-refractivity contribution in [2.24, 2.45) is 5.41 Å². The van der Waals surface area contributed by atoms with Gasteiger partial charge >= 0.3 is 0 Å². The average molecular weight is 374 g/mol. The molecule has 4 rings (SSSR count). The van der Waals surface area contributed by atoms with Gasteiger partial charge in [0.1, 0.15) is 11.6 Å². The third kappa shape index (κ3) is 3.15. The smallest absolute Gasteiger partial charge is 0.232 e. The lowest BCUT2D eigenvalue weighted by Crippen LogP contribution is -2.52. The quantitative estimate of drug-likeness (QED) is 0.871. The standard InChI is InChI=1S/C21H24F2N2O2/c22-15-7-8-17(23)14(12-15)13-24-20(27)21-10-3-6-18(21)25(19(26)9-11-21)16-4-1-2-5-16/h6-8,12,16H,1-5,9-11,13H2,(H,24,27). The molecule has 1 atom stereocenters. The van der Waals surface area contributed by atoms with Crippen molar-refractivity contribution >= 4 is 11.8 Å². The number of fused-ring (bicyclic) bond motifs is 1. The third-order valence-corrected chi connectivity index (χ3v) is 6.26. The van der Waals surface area contributed by atoms with Gasteiger partial charge in [0.05, 0.1) is 5.41 Å². The number of likely N-dealkylation sites (tertiary alicyclic amines) is 1. The van der Waals surface area contributed by atoms with Crippen LogP contribution in [0.25, 0.3) is 0 Å². The van der Waals surface area contributed by atoms with Crippen molar-refractivity contribution in [3.05, 3.63) is 47.2 Å². The van der Waals surface area contributed by atoms with Crippen LogP contribution in [0.3, 0.4) is 0 Å². The Morgan fingerprint density at radius 1 is 1.22 bits per heavy atom. The lowest BCUT2D eigenvalue weighted by atomic mass is 9.75. The number of amides is 2. The molecule has 1 heterocycles. The van der Waals surface area contributed by atoms with Crippen molar-refractivity contribution in [1.82, 2.24) is 10.2 Å². The molecule has 1 saturated carbocycles. The fraction of sp³-hybridized carbons (Fsp3) is 0.524. The van der Waals surface area contributed by atoms with Crippen LogP contribution < -0.4 is 5.32 Å². The van der Waals surface area contributed by atoms with Gasteiger partial charge in [0, 0.05) is 30.3 Å². The Labute approximate surface area is 157 Å². The van der Waals surface area contributed by atoms with E-state index in [4.69, 9.17) is 0 Å². The molecular formula is C21H24F2N2O2. The summed E-state index contributed by atoms with van der Waals surface area (Å²) in [4.78, 5) is 27.6. The van der Waals surface area contributed by atoms with Gasteiger partial charge in [-0.15, -0.1) is 0 Å². The maximum Gasteiger partial charge on any atom is 0.232 e. The number of allylic oxidation sites excluding steroid dienone is 1. The van der Waals surface area contributed by atoms with E-state index in [-0.39, 0.29) is 30.0 Å². The van der Waals surface area contributed by atoms with Gasteiger partial charge in [-0.2, -0.15) is 0 Å². The van der Waals surface area contributed by atoms with E-state index in [1.54, 1.807) is 0 Å². The van der Waals surface area contributed by atoms with E-state index < -0.39 is 17.0 Å². The highest BCUT2D eigenvalue weighted by molar-refractivity contribution is 5.91. The lowest BCUT2D eigenvalue weighted by molar-refractivity contribution is -0.141. The Morgan fingerprint density at radius 3 is 2.78 bits per heavy atom. The molecule has 144 valence electrons. The molecule has 1 aromatic carbocycles. The van der Waals surface area contributed by atoms with Crippen LogP contribution in [0.15, 0.2) is 30.0 Å². The minimum Gasteiger partial charge on any atom is -0.351 e. The molecule has 1 N–H and O–H groups in total. The fourth-order valence-electron chi connectivity index (χ4n) is 4.87. The highest BCUT2D eigenvalue weighted by atomic mass is 19.1. The van der Waals surface area contributed by atoms with Gasteiger partial charge in [0.2, 0.25) is 11.8 Å². The van der Waals surface area contributed by atoms with Crippen LogP contribution in [-0.4, -0.2) is 22.8 Å². The molecule has 2 aliphatic carbocycles. The van der Waals surface area contributed by atoms with Gasteiger partial charge in [-0.1, -0.05) is 18.9 Å². The van der Waals surface area contributed by atoms with E-state index in [1.165, 1.54) is 0 Å². The van der Waals surface area contributed by atoms with Gasteiger partial charge in [0.15, 0.2) is 0 Å². The molecule has 0 bridgehead atoms. The van der Waals surface area contributed by atoms with E-state index >= 15 is 0 Å². The molecule has 1 aliphatic heterocycles. The summed E-state index contributed by atoms with van der Waals surface area (Å²) < 4.78 is 27.2. The second kappa shape index (κ2) is 7.06. The van der Waals surface area contributed by atoms with Crippen molar-refractivity contribution in [3.8, 4) is 0 Å². The number of rotatable bonds is 4. The second-order valence-corrected chi connectivity index (χ2v) is 7.83. The van der Waals surface area contributed by atoms with E-state index in [0.29, 0.717) is 19.3 Å². The summed E-state index contributed by atoms with van der Waals surface area (Å²) in [7, 11) is 0. The molecule has 1 unspecified atom stereocenters. The largest absolute Gasteiger partial charge is 0.351 e. The molecule has 27 heavy (non-hydrogen) atoms. The molecule has 1 aromatic rings. The van der Waals surface area contributed by atoms with Gasteiger partial charge in [0.25, 0.3) is 0 Å². The summed E-state index contributed by atoms with van der Waals surface area (Å²) in [5, 5.41) is 2.80. The van der Waals surface area contributed by atoms with Crippen LogP contribution in [0, 0.1) is 17.0 Å². The Kier molecular flexibility index (Phi) is 4.74. The first kappa shape index (κ1) is 18.1. The van der Waals surface area contributed by atoms with Crippen LogP contribution in [-0.2, 0) is 16.1 Å². The molecule has 0 aromatic heterocycles. The maximum atomic E-state index is 13.9. The number of piperidine rings is 1. The number of halogens is 2. The van der Waals surface area contributed by atoms with E-state index in [9.17, 15) is 18.4 Å². The first-order valence-corrected chi connectivity index (χ1v) is 9.76. The predicted molar refractivity (Wildman–Crippen MR) is 96.3 cm³/mol. The topological polar surface area (TPSA) is 49.4 Å². The third-order valence-electron chi connectivity index (χ3n) is 6.26. The Hall–Kier alpha value is -2.24. The predicted octanol–water partition coefficient (Wildman–Crippen LogP) is 3.81. The number of nitrogens with one attached hydrogen (secondary N) is 1. The van der Waals surface area contributed by atoms with Crippen LogP contribution in [0.4, 0.5) is 8.78 Å². The van der Waals surface area contributed by atoms with Crippen molar-refractivity contribution in [2.45, 2.75) is 64.0 Å². The summed E-state index contributed by atoms with van der Waals surface area (Å²) in [5.41, 5.74) is 0.242. The number of carbonyl (C=O) groups is 2. The monoisotopic (exact) mass is 374 g/mol. The highest BCUT2D eigenvalue weighted by Gasteiger charge is 2.52. The minimum atomic E-state index is -0.722. The van der Waals surface area contributed by atoms with Crippen LogP contribution in [0.1, 0.15) is 56.9 Å². The van der Waals surface area contributed by atoms with Crippen molar-refractivity contribution in [1.29, 1.82) is 0 Å². The molecule has 6 heteroatoms. The highest BCUT2D eigenvalue weighted by Crippen LogP contribution is 2.50. The van der Waals surface area contributed by atoms with E-state index in [2.05, 4.69) is 5.32 Å². The first-order chi connectivity index (χ1) is 13.0. The minimum absolute atomic E-state index is 0.0607. The Balaban J connectivity index is 1.54. The summed E-state index contributed by atoms with van der Waals surface area (Å²) in [6.45, 7) is -0.0607. The van der Waals surface area contributed by atoms with Crippen LogP contribution in [0.2, 0.25) is 0 Å². The molecule has 2 amide bonds. The van der Waals surface area contributed by atoms with E-state index in [0.717, 1.165) is 56.0 Å². The summed E-state index contributed by atoms with van der Waals surface area (Å²) >= 11 is 0. The molecule has 1 saturated heterocycles. The Bertz CT molecular complexity index is 801. The Morgan fingerprint density at radius 2 is 2.00 bits per heavy atom. The normalized spacial score (nSPS) is 25.5. The number of hydrogen-bond acceptors (Lipinski definition) is 2. The summed E-state index contributed by atoms with van der Waals surface area (Å²) in [5.74, 6) is -1.15. The van der Waals surface area contributed by atoms with Crippen molar-refractivity contribution in [2.75, 3.05) is 0 Å². The zero-order valence-corrected chi connectivity index (χ0v) is 15.3. The number of carbonyl (C=O) groups excluding carboxylic acids is 2. The lowest BCUT2D eigenvalue weighted by Gasteiger charge is -2.44. The fourth-order valence-corrected chi connectivity index (χ4v) is 4.87. The van der Waals surface area contributed by atoms with Crippen molar-refractivity contribution < 1.29 is 18.4 Å².